The van der Waals surface area contributed by atoms with Crippen molar-refractivity contribution >= 4 is 17.4 Å². The molecule has 3 heteroatoms. The van der Waals surface area contributed by atoms with Crippen LogP contribution in [-0.2, 0) is 10.2 Å². The van der Waals surface area contributed by atoms with Crippen molar-refractivity contribution in [2.75, 3.05) is 6.61 Å². The highest BCUT2D eigenvalue weighted by Gasteiger charge is 2.29. The first kappa shape index (κ1) is 14.6. The lowest BCUT2D eigenvalue weighted by Gasteiger charge is -2.23. The Morgan fingerprint density at radius 1 is 1.10 bits per heavy atom. The molecule has 0 bridgehead atoms. The number of Topliss-reactive ketones (excluding diaryl/α,β-unsaturated/α-hetero) is 1. The Balaban J connectivity index is 2.05. The Hall–Kier alpha value is -1.80. The third-order valence-corrected chi connectivity index (χ3v) is 3.59. The fraction of sp³-hybridized carbons (Fsp3) is 0.235. The van der Waals surface area contributed by atoms with E-state index in [0.29, 0.717) is 10.8 Å². The van der Waals surface area contributed by atoms with Crippen LogP contribution in [0.15, 0.2) is 54.6 Å². The predicted molar refractivity (Wildman–Crippen MR) is 81.4 cm³/mol. The molecule has 0 aliphatic carbocycles. The minimum atomic E-state index is -0.570. The van der Waals surface area contributed by atoms with E-state index in [-0.39, 0.29) is 12.4 Å². The van der Waals surface area contributed by atoms with Gasteiger partial charge < -0.3 is 4.74 Å². The maximum absolute atomic E-state index is 12.4. The van der Waals surface area contributed by atoms with Crippen LogP contribution < -0.4 is 4.74 Å². The lowest BCUT2D eigenvalue weighted by molar-refractivity contribution is -0.125. The van der Waals surface area contributed by atoms with Crippen molar-refractivity contribution < 1.29 is 9.53 Å². The van der Waals surface area contributed by atoms with Crippen LogP contribution in [0.4, 0.5) is 0 Å². The highest BCUT2D eigenvalue weighted by Crippen LogP contribution is 2.25. The fourth-order valence-electron chi connectivity index (χ4n) is 1.90. The molecule has 0 aliphatic rings. The van der Waals surface area contributed by atoms with Gasteiger partial charge in [-0.25, -0.2) is 0 Å². The van der Waals surface area contributed by atoms with Crippen molar-refractivity contribution in [3.8, 4) is 5.75 Å². The summed E-state index contributed by atoms with van der Waals surface area (Å²) in [7, 11) is 0. The predicted octanol–water partition coefficient (Wildman–Crippen LogP) is 4.27. The van der Waals surface area contributed by atoms with Gasteiger partial charge in [-0.05, 0) is 37.6 Å². The molecule has 0 heterocycles. The van der Waals surface area contributed by atoms with Crippen LogP contribution in [0.1, 0.15) is 19.4 Å². The molecule has 0 radical (unpaired) electrons. The second kappa shape index (κ2) is 6.10. The summed E-state index contributed by atoms with van der Waals surface area (Å²) in [6.45, 7) is 3.85. The summed E-state index contributed by atoms with van der Waals surface area (Å²) >= 11 is 5.88. The topological polar surface area (TPSA) is 26.3 Å². The quantitative estimate of drug-likeness (QED) is 0.821. The molecule has 0 unspecified atom stereocenters. The standard InChI is InChI=1S/C17H17ClO2/c1-17(2,13-7-4-3-5-8-13)16(19)12-20-15-10-6-9-14(18)11-15/h3-11H,12H2,1-2H3. The normalized spacial score (nSPS) is 11.2. The lowest BCUT2D eigenvalue weighted by Crippen LogP contribution is -2.33. The van der Waals surface area contributed by atoms with Gasteiger partial charge in [0.25, 0.3) is 0 Å². The van der Waals surface area contributed by atoms with E-state index in [2.05, 4.69) is 0 Å². The fourth-order valence-corrected chi connectivity index (χ4v) is 2.08. The number of carbonyl (C=O) groups is 1. The summed E-state index contributed by atoms with van der Waals surface area (Å²) < 4.78 is 5.52. The zero-order valence-corrected chi connectivity index (χ0v) is 12.4. The molecule has 0 amide bonds. The summed E-state index contributed by atoms with van der Waals surface area (Å²) in [6, 6.07) is 16.8. The summed E-state index contributed by atoms with van der Waals surface area (Å²) in [6.07, 6.45) is 0. The number of carbonyl (C=O) groups excluding carboxylic acids is 1. The second-order valence-corrected chi connectivity index (χ2v) is 5.60. The van der Waals surface area contributed by atoms with E-state index < -0.39 is 5.41 Å². The van der Waals surface area contributed by atoms with Gasteiger partial charge in [-0.2, -0.15) is 0 Å². The highest BCUT2D eigenvalue weighted by atomic mass is 35.5. The summed E-state index contributed by atoms with van der Waals surface area (Å²) in [4.78, 5) is 12.4. The molecule has 0 saturated heterocycles. The molecule has 0 atom stereocenters. The molecule has 104 valence electrons. The molecule has 2 rings (SSSR count). The first-order valence-corrected chi connectivity index (χ1v) is 6.85. The van der Waals surface area contributed by atoms with Crippen molar-refractivity contribution in [2.45, 2.75) is 19.3 Å². The number of benzene rings is 2. The van der Waals surface area contributed by atoms with Crippen LogP contribution in [0, 0.1) is 0 Å². The van der Waals surface area contributed by atoms with Crippen LogP contribution in [-0.4, -0.2) is 12.4 Å². The van der Waals surface area contributed by atoms with Crippen molar-refractivity contribution in [3.05, 3.63) is 65.2 Å². The third-order valence-electron chi connectivity index (χ3n) is 3.36. The average Bonchev–Trinajstić information content (AvgIpc) is 2.45. The average molecular weight is 289 g/mol. The molecule has 0 aliphatic heterocycles. The number of halogens is 1. The van der Waals surface area contributed by atoms with Crippen molar-refractivity contribution in [2.24, 2.45) is 0 Å². The van der Waals surface area contributed by atoms with Crippen molar-refractivity contribution in [1.82, 2.24) is 0 Å². The SMILES string of the molecule is CC(C)(C(=O)COc1cccc(Cl)c1)c1ccccc1. The summed E-state index contributed by atoms with van der Waals surface area (Å²) in [5, 5.41) is 0.595. The van der Waals surface area contributed by atoms with Crippen LogP contribution in [0.5, 0.6) is 5.75 Å². The molecule has 2 aromatic rings. The molecule has 2 nitrogen and oxygen atoms in total. The zero-order valence-electron chi connectivity index (χ0n) is 11.6. The Morgan fingerprint density at radius 2 is 1.80 bits per heavy atom. The van der Waals surface area contributed by atoms with E-state index in [4.69, 9.17) is 16.3 Å². The molecule has 2 aromatic carbocycles. The Labute approximate surface area is 124 Å². The van der Waals surface area contributed by atoms with Gasteiger partial charge in [-0.3, -0.25) is 4.79 Å². The van der Waals surface area contributed by atoms with Crippen LogP contribution >= 0.6 is 11.6 Å². The zero-order chi connectivity index (χ0) is 14.6. The number of ketones is 1. The molecule has 0 aromatic heterocycles. The summed E-state index contributed by atoms with van der Waals surface area (Å²) in [5.41, 5.74) is 0.416. The van der Waals surface area contributed by atoms with Gasteiger partial charge in [0.1, 0.15) is 12.4 Å². The Morgan fingerprint density at radius 3 is 2.45 bits per heavy atom. The van der Waals surface area contributed by atoms with Gasteiger partial charge in [-0.15, -0.1) is 0 Å². The molecule has 0 fully saturated rings. The van der Waals surface area contributed by atoms with E-state index >= 15 is 0 Å². The van der Waals surface area contributed by atoms with E-state index in [9.17, 15) is 4.79 Å². The Kier molecular flexibility index (Phi) is 4.46. The van der Waals surface area contributed by atoms with Gasteiger partial charge in [0.05, 0.1) is 5.41 Å². The van der Waals surface area contributed by atoms with Gasteiger partial charge in [0.15, 0.2) is 5.78 Å². The number of ether oxygens (including phenoxy) is 1. The van der Waals surface area contributed by atoms with Gasteiger partial charge in [0, 0.05) is 5.02 Å². The van der Waals surface area contributed by atoms with Crippen molar-refractivity contribution in [1.29, 1.82) is 0 Å². The summed E-state index contributed by atoms with van der Waals surface area (Å²) in [5.74, 6) is 0.637. The molecule has 0 spiro atoms. The third kappa shape index (κ3) is 3.40. The van der Waals surface area contributed by atoms with Gasteiger partial charge in [0.2, 0.25) is 0 Å². The van der Waals surface area contributed by atoms with Gasteiger partial charge in [-0.1, -0.05) is 48.0 Å². The second-order valence-electron chi connectivity index (χ2n) is 5.16. The molecular formula is C17H17ClO2. The molecule has 0 N–H and O–H groups in total. The molecule has 0 saturated carbocycles. The van der Waals surface area contributed by atoms with Crippen molar-refractivity contribution in [3.63, 3.8) is 0 Å². The molecular weight excluding hydrogens is 272 g/mol. The molecule has 20 heavy (non-hydrogen) atoms. The lowest BCUT2D eigenvalue weighted by atomic mass is 9.81. The van der Waals surface area contributed by atoms with Crippen LogP contribution in [0.3, 0.4) is 0 Å². The first-order chi connectivity index (χ1) is 9.50. The van der Waals surface area contributed by atoms with E-state index in [1.165, 1.54) is 0 Å². The monoisotopic (exact) mass is 288 g/mol. The number of rotatable bonds is 5. The number of hydrogen-bond acceptors (Lipinski definition) is 2. The Bertz CT molecular complexity index is 591. The van der Waals surface area contributed by atoms with Crippen LogP contribution in [0.2, 0.25) is 5.02 Å². The van der Waals surface area contributed by atoms with E-state index in [0.717, 1.165) is 5.56 Å². The minimum Gasteiger partial charge on any atom is -0.486 e. The largest absolute Gasteiger partial charge is 0.486 e. The van der Waals surface area contributed by atoms with E-state index in [1.807, 2.05) is 44.2 Å². The highest BCUT2D eigenvalue weighted by molar-refractivity contribution is 6.30. The maximum atomic E-state index is 12.4. The first-order valence-electron chi connectivity index (χ1n) is 6.47. The smallest absolute Gasteiger partial charge is 0.180 e. The maximum Gasteiger partial charge on any atom is 0.180 e. The van der Waals surface area contributed by atoms with Gasteiger partial charge >= 0.3 is 0 Å². The van der Waals surface area contributed by atoms with Crippen LogP contribution in [0.25, 0.3) is 0 Å². The number of hydrogen-bond donors (Lipinski definition) is 0. The minimum absolute atomic E-state index is 0.0300. The van der Waals surface area contributed by atoms with E-state index in [1.54, 1.807) is 24.3 Å².